The van der Waals surface area contributed by atoms with Gasteiger partial charge < -0.3 is 9.88 Å². The molecule has 2 aromatic rings. The summed E-state index contributed by atoms with van der Waals surface area (Å²) in [5, 5.41) is 2.58. The molecule has 19 heavy (non-hydrogen) atoms. The van der Waals surface area contributed by atoms with Gasteiger partial charge in [-0.15, -0.1) is 0 Å². The van der Waals surface area contributed by atoms with Crippen LogP contribution >= 0.6 is 0 Å². The number of carbonyl (C=O) groups excluding carboxylic acids is 1. The van der Waals surface area contributed by atoms with Crippen molar-refractivity contribution in [1.82, 2.24) is 9.55 Å². The number of imidazole rings is 1. The van der Waals surface area contributed by atoms with Gasteiger partial charge in [-0.2, -0.15) is 13.2 Å². The van der Waals surface area contributed by atoms with Crippen molar-refractivity contribution in [3.63, 3.8) is 0 Å². The van der Waals surface area contributed by atoms with Crippen molar-refractivity contribution >= 4 is 22.6 Å². The monoisotopic (exact) mass is 271 g/mol. The maximum absolute atomic E-state index is 12.4. The van der Waals surface area contributed by atoms with E-state index in [0.717, 1.165) is 0 Å². The topological polar surface area (TPSA) is 46.9 Å². The number of benzene rings is 1. The summed E-state index contributed by atoms with van der Waals surface area (Å²) >= 11 is 0. The minimum absolute atomic E-state index is 0.0831. The number of aromatic nitrogens is 2. The number of aryl methyl sites for hydroxylation is 1. The molecule has 0 atom stereocenters. The summed E-state index contributed by atoms with van der Waals surface area (Å²) in [6.45, 7) is 1.34. The second-order valence-electron chi connectivity index (χ2n) is 4.23. The Morgan fingerprint density at radius 1 is 1.42 bits per heavy atom. The van der Waals surface area contributed by atoms with Crippen LogP contribution in [0.5, 0.6) is 0 Å². The molecular formula is C12H12F3N3O. The minimum atomic E-state index is -4.32. The van der Waals surface area contributed by atoms with E-state index in [1.807, 2.05) is 0 Å². The van der Waals surface area contributed by atoms with Crippen molar-refractivity contribution in [2.75, 3.05) is 5.32 Å². The summed E-state index contributed by atoms with van der Waals surface area (Å²) < 4.78 is 38.7. The third-order valence-electron chi connectivity index (χ3n) is 2.66. The van der Waals surface area contributed by atoms with Gasteiger partial charge in [0.2, 0.25) is 5.91 Å². The molecule has 7 heteroatoms. The lowest BCUT2D eigenvalue weighted by atomic mass is 10.2. The number of hydrogen-bond donors (Lipinski definition) is 1. The van der Waals surface area contributed by atoms with Crippen molar-refractivity contribution in [2.45, 2.75) is 19.5 Å². The molecular weight excluding hydrogens is 259 g/mol. The molecule has 0 fully saturated rings. The van der Waals surface area contributed by atoms with Gasteiger partial charge in [0.05, 0.1) is 16.7 Å². The first-order valence-electron chi connectivity index (χ1n) is 5.56. The molecule has 0 aliphatic heterocycles. The van der Waals surface area contributed by atoms with E-state index in [9.17, 15) is 18.0 Å². The van der Waals surface area contributed by atoms with Crippen LogP contribution in [-0.2, 0) is 18.3 Å². The van der Waals surface area contributed by atoms with E-state index in [-0.39, 0.29) is 11.7 Å². The van der Waals surface area contributed by atoms with Crippen molar-refractivity contribution in [3.8, 4) is 0 Å². The Kier molecular flexibility index (Phi) is 3.21. The van der Waals surface area contributed by atoms with E-state index < -0.39 is 12.6 Å². The largest absolute Gasteiger partial charge is 0.396 e. The van der Waals surface area contributed by atoms with Gasteiger partial charge in [0.15, 0.2) is 0 Å². The van der Waals surface area contributed by atoms with Crippen LogP contribution in [0.3, 0.4) is 0 Å². The zero-order chi connectivity index (χ0) is 14.2. The number of halogens is 3. The molecule has 0 aliphatic carbocycles. The number of para-hydroxylation sites is 1. The fraction of sp³-hybridized carbons (Fsp3) is 0.333. The molecule has 2 rings (SSSR count). The Morgan fingerprint density at radius 2 is 2.11 bits per heavy atom. The average molecular weight is 271 g/mol. The van der Waals surface area contributed by atoms with E-state index in [1.54, 1.807) is 18.2 Å². The third-order valence-corrected chi connectivity index (χ3v) is 2.66. The molecule has 0 aliphatic rings. The van der Waals surface area contributed by atoms with Crippen LogP contribution in [0, 0.1) is 0 Å². The number of alkyl halides is 3. The smallest absolute Gasteiger partial charge is 0.329 e. The molecule has 1 N–H and O–H groups in total. The van der Waals surface area contributed by atoms with E-state index in [2.05, 4.69) is 10.3 Å². The van der Waals surface area contributed by atoms with Crippen LogP contribution in [0.1, 0.15) is 12.7 Å². The highest BCUT2D eigenvalue weighted by Gasteiger charge is 2.30. The van der Waals surface area contributed by atoms with E-state index >= 15 is 0 Å². The summed E-state index contributed by atoms with van der Waals surface area (Å²) in [7, 11) is 1.50. The highest BCUT2D eigenvalue weighted by Crippen LogP contribution is 2.27. The van der Waals surface area contributed by atoms with Crippen LogP contribution in [0.25, 0.3) is 11.0 Å². The van der Waals surface area contributed by atoms with Gasteiger partial charge in [0, 0.05) is 14.0 Å². The molecule has 0 saturated carbocycles. The SMILES string of the molecule is CC(=O)Nc1cccc2nc(CC(F)(F)F)n(C)c12. The van der Waals surface area contributed by atoms with Gasteiger partial charge in [-0.05, 0) is 12.1 Å². The quantitative estimate of drug-likeness (QED) is 0.912. The van der Waals surface area contributed by atoms with Crippen molar-refractivity contribution in [1.29, 1.82) is 0 Å². The summed E-state index contributed by atoms with van der Waals surface area (Å²) in [5.41, 5.74) is 1.36. The predicted molar refractivity (Wildman–Crippen MR) is 64.8 cm³/mol. The van der Waals surface area contributed by atoms with Crippen molar-refractivity contribution in [2.24, 2.45) is 7.05 Å². The van der Waals surface area contributed by atoms with Gasteiger partial charge in [-0.25, -0.2) is 4.98 Å². The van der Waals surface area contributed by atoms with Crippen LogP contribution in [0.2, 0.25) is 0 Å². The van der Waals surface area contributed by atoms with E-state index in [1.165, 1.54) is 18.5 Å². The zero-order valence-corrected chi connectivity index (χ0v) is 10.4. The van der Waals surface area contributed by atoms with Crippen LogP contribution < -0.4 is 5.32 Å². The molecule has 1 amide bonds. The molecule has 4 nitrogen and oxygen atoms in total. The van der Waals surface area contributed by atoms with Crippen molar-refractivity contribution < 1.29 is 18.0 Å². The van der Waals surface area contributed by atoms with E-state index in [0.29, 0.717) is 16.7 Å². The highest BCUT2D eigenvalue weighted by molar-refractivity contribution is 5.98. The van der Waals surface area contributed by atoms with Crippen LogP contribution in [-0.4, -0.2) is 21.6 Å². The molecule has 1 heterocycles. The third kappa shape index (κ3) is 2.86. The summed E-state index contributed by atoms with van der Waals surface area (Å²) in [5.74, 6) is -0.369. The minimum Gasteiger partial charge on any atom is -0.329 e. The highest BCUT2D eigenvalue weighted by atomic mass is 19.4. The summed E-state index contributed by atoms with van der Waals surface area (Å²) in [6, 6.07) is 4.88. The lowest BCUT2D eigenvalue weighted by molar-refractivity contribution is -0.128. The standard InChI is InChI=1S/C12H12F3N3O/c1-7(19)16-8-4-3-5-9-11(8)18(2)10(17-9)6-12(13,14)15/h3-5H,6H2,1-2H3,(H,16,19). The normalized spacial score (nSPS) is 11.8. The lowest BCUT2D eigenvalue weighted by Gasteiger charge is -2.08. The molecule has 0 saturated heterocycles. The van der Waals surface area contributed by atoms with Crippen LogP contribution in [0.4, 0.5) is 18.9 Å². The zero-order valence-electron chi connectivity index (χ0n) is 10.4. The molecule has 102 valence electrons. The maximum Gasteiger partial charge on any atom is 0.396 e. The Balaban J connectivity index is 2.54. The first-order chi connectivity index (χ1) is 8.78. The molecule has 1 aromatic heterocycles. The van der Waals surface area contributed by atoms with Gasteiger partial charge in [0.1, 0.15) is 12.2 Å². The second-order valence-corrected chi connectivity index (χ2v) is 4.23. The second kappa shape index (κ2) is 4.56. The fourth-order valence-corrected chi connectivity index (χ4v) is 1.95. The maximum atomic E-state index is 12.4. The summed E-state index contributed by atoms with van der Waals surface area (Å²) in [4.78, 5) is 15.0. The lowest BCUT2D eigenvalue weighted by Crippen LogP contribution is -2.15. The number of carbonyl (C=O) groups is 1. The molecule has 0 unspecified atom stereocenters. The van der Waals surface area contributed by atoms with Gasteiger partial charge in [0.25, 0.3) is 0 Å². The fourth-order valence-electron chi connectivity index (χ4n) is 1.95. The number of hydrogen-bond acceptors (Lipinski definition) is 2. The predicted octanol–water partition coefficient (Wildman–Crippen LogP) is 2.64. The Labute approximate surface area is 107 Å². The van der Waals surface area contributed by atoms with E-state index in [4.69, 9.17) is 0 Å². The number of amides is 1. The van der Waals surface area contributed by atoms with Gasteiger partial charge in [-0.1, -0.05) is 6.07 Å². The summed E-state index contributed by atoms with van der Waals surface area (Å²) in [6.07, 6.45) is -5.42. The number of rotatable bonds is 2. The van der Waals surface area contributed by atoms with Gasteiger partial charge in [-0.3, -0.25) is 4.79 Å². The first-order valence-corrected chi connectivity index (χ1v) is 5.56. The Hall–Kier alpha value is -2.05. The van der Waals surface area contributed by atoms with Crippen molar-refractivity contribution in [3.05, 3.63) is 24.0 Å². The molecule has 1 aromatic carbocycles. The molecule has 0 radical (unpaired) electrons. The Bertz CT molecular complexity index is 631. The molecule has 0 bridgehead atoms. The number of anilines is 1. The van der Waals surface area contributed by atoms with Gasteiger partial charge >= 0.3 is 6.18 Å². The number of nitrogens with zero attached hydrogens (tertiary/aromatic N) is 2. The average Bonchev–Trinajstić information content (AvgIpc) is 2.53. The van der Waals surface area contributed by atoms with Crippen LogP contribution in [0.15, 0.2) is 18.2 Å². The first kappa shape index (κ1) is 13.4. The number of fused-ring (bicyclic) bond motifs is 1. The molecule has 0 spiro atoms. The Morgan fingerprint density at radius 3 is 2.68 bits per heavy atom. The number of nitrogens with one attached hydrogen (secondary N) is 1.